The minimum atomic E-state index is -0.283. The molecule has 0 bridgehead atoms. The van der Waals surface area contributed by atoms with E-state index in [1.807, 2.05) is 43.3 Å². The fraction of sp³-hybridized carbons (Fsp3) is 0.263. The number of carbonyl (C=O) groups is 2. The van der Waals surface area contributed by atoms with E-state index in [0.29, 0.717) is 24.4 Å². The van der Waals surface area contributed by atoms with Gasteiger partial charge in [0.15, 0.2) is 0 Å². The van der Waals surface area contributed by atoms with Crippen LogP contribution in [0.5, 0.6) is 0 Å². The Bertz CT molecular complexity index is 755. The average Bonchev–Trinajstić information content (AvgIpc) is 2.72. The maximum absolute atomic E-state index is 13.0. The highest BCUT2D eigenvalue weighted by atomic mass is 16.5. The van der Waals surface area contributed by atoms with Crippen LogP contribution in [0.4, 0.5) is 11.4 Å². The number of hydrogen-bond donors (Lipinski definition) is 1. The van der Waals surface area contributed by atoms with E-state index in [0.717, 1.165) is 11.3 Å². The molecular formula is C19H20N2O3. The third kappa shape index (κ3) is 3.16. The topological polar surface area (TPSA) is 58.6 Å². The maximum atomic E-state index is 13.0. The molecule has 3 rings (SSSR count). The number of nitrogens with zero attached hydrogens (tertiary/aromatic N) is 1. The molecule has 0 saturated heterocycles. The largest absolute Gasteiger partial charge is 0.380 e. The van der Waals surface area contributed by atoms with Crippen LogP contribution in [0.3, 0.4) is 0 Å². The van der Waals surface area contributed by atoms with Crippen molar-refractivity contribution >= 4 is 23.2 Å². The molecular weight excluding hydrogens is 304 g/mol. The summed E-state index contributed by atoms with van der Waals surface area (Å²) in [6.07, 6.45) is 0. The third-order valence-corrected chi connectivity index (χ3v) is 4.11. The van der Waals surface area contributed by atoms with Crippen molar-refractivity contribution in [1.29, 1.82) is 0 Å². The number of anilines is 2. The quantitative estimate of drug-likeness (QED) is 0.944. The number of fused-ring (bicyclic) bond motifs is 1. The summed E-state index contributed by atoms with van der Waals surface area (Å²) in [5.41, 5.74) is 2.99. The molecule has 0 radical (unpaired) electrons. The van der Waals surface area contributed by atoms with E-state index in [-0.39, 0.29) is 17.7 Å². The molecule has 1 unspecified atom stereocenters. The highest BCUT2D eigenvalue weighted by Gasteiger charge is 2.29. The van der Waals surface area contributed by atoms with E-state index in [1.165, 1.54) is 0 Å². The molecule has 124 valence electrons. The molecule has 0 saturated carbocycles. The second-order valence-electron chi connectivity index (χ2n) is 5.95. The maximum Gasteiger partial charge on any atom is 0.258 e. The molecule has 1 aliphatic heterocycles. The summed E-state index contributed by atoms with van der Waals surface area (Å²) >= 11 is 0. The molecule has 5 heteroatoms. The Labute approximate surface area is 141 Å². The lowest BCUT2D eigenvalue weighted by Crippen LogP contribution is -2.35. The highest BCUT2D eigenvalue weighted by Crippen LogP contribution is 2.31. The van der Waals surface area contributed by atoms with Crippen molar-refractivity contribution in [2.24, 2.45) is 5.92 Å². The minimum Gasteiger partial charge on any atom is -0.380 e. The first kappa shape index (κ1) is 16.2. The molecule has 2 amide bonds. The molecule has 24 heavy (non-hydrogen) atoms. The molecule has 1 atom stereocenters. The van der Waals surface area contributed by atoms with Gasteiger partial charge in [-0.15, -0.1) is 0 Å². The average molecular weight is 324 g/mol. The number of methoxy groups -OCH3 is 1. The van der Waals surface area contributed by atoms with Crippen LogP contribution in [0.15, 0.2) is 48.5 Å². The zero-order chi connectivity index (χ0) is 17.1. The van der Waals surface area contributed by atoms with Crippen molar-refractivity contribution in [3.8, 4) is 0 Å². The second-order valence-corrected chi connectivity index (χ2v) is 5.95. The minimum absolute atomic E-state index is 0.0757. The van der Waals surface area contributed by atoms with Gasteiger partial charge in [0, 0.05) is 19.2 Å². The van der Waals surface area contributed by atoms with Gasteiger partial charge in [-0.3, -0.25) is 9.59 Å². The van der Waals surface area contributed by atoms with Gasteiger partial charge in [0.25, 0.3) is 5.91 Å². The Balaban J connectivity index is 1.94. The van der Waals surface area contributed by atoms with Crippen LogP contribution < -0.4 is 10.2 Å². The molecule has 2 aromatic carbocycles. The standard InChI is InChI=1S/C19H20N2O3/c1-13-11-21(17-6-4-3-5-16(17)20-18(13)22)19(23)15-9-7-14(8-10-15)12-24-2/h3-10,13H,11-12H2,1-2H3,(H,20,22). The molecule has 0 aliphatic carbocycles. The summed E-state index contributed by atoms with van der Waals surface area (Å²) < 4.78 is 5.09. The van der Waals surface area contributed by atoms with Gasteiger partial charge >= 0.3 is 0 Å². The Hall–Kier alpha value is -2.66. The van der Waals surface area contributed by atoms with Crippen molar-refractivity contribution in [2.45, 2.75) is 13.5 Å². The molecule has 0 fully saturated rings. The van der Waals surface area contributed by atoms with Crippen molar-refractivity contribution in [3.05, 3.63) is 59.7 Å². The molecule has 5 nitrogen and oxygen atoms in total. The fourth-order valence-corrected chi connectivity index (χ4v) is 2.78. The highest BCUT2D eigenvalue weighted by molar-refractivity contribution is 6.10. The monoisotopic (exact) mass is 324 g/mol. The fourth-order valence-electron chi connectivity index (χ4n) is 2.78. The van der Waals surface area contributed by atoms with Gasteiger partial charge in [-0.05, 0) is 29.8 Å². The van der Waals surface area contributed by atoms with Crippen molar-refractivity contribution in [1.82, 2.24) is 0 Å². The predicted octanol–water partition coefficient (Wildman–Crippen LogP) is 3.07. The molecule has 0 aromatic heterocycles. The van der Waals surface area contributed by atoms with E-state index in [9.17, 15) is 9.59 Å². The van der Waals surface area contributed by atoms with Crippen LogP contribution in [0.1, 0.15) is 22.8 Å². The molecule has 1 N–H and O–H groups in total. The van der Waals surface area contributed by atoms with Crippen LogP contribution in [0.2, 0.25) is 0 Å². The van der Waals surface area contributed by atoms with Crippen LogP contribution >= 0.6 is 0 Å². The molecule has 1 aliphatic rings. The summed E-state index contributed by atoms with van der Waals surface area (Å²) in [6.45, 7) is 2.68. The lowest BCUT2D eigenvalue weighted by Gasteiger charge is -2.23. The van der Waals surface area contributed by atoms with E-state index >= 15 is 0 Å². The van der Waals surface area contributed by atoms with E-state index in [1.54, 1.807) is 24.1 Å². The number of hydrogen-bond acceptors (Lipinski definition) is 3. The Morgan fingerprint density at radius 3 is 2.62 bits per heavy atom. The first-order chi connectivity index (χ1) is 11.6. The second kappa shape index (κ2) is 6.84. The van der Waals surface area contributed by atoms with E-state index in [2.05, 4.69) is 5.32 Å². The first-order valence-electron chi connectivity index (χ1n) is 7.90. The zero-order valence-electron chi connectivity index (χ0n) is 13.8. The van der Waals surface area contributed by atoms with Gasteiger partial charge in [-0.1, -0.05) is 31.2 Å². The van der Waals surface area contributed by atoms with Crippen LogP contribution in [0.25, 0.3) is 0 Å². The Morgan fingerprint density at radius 2 is 1.92 bits per heavy atom. The van der Waals surface area contributed by atoms with Gasteiger partial charge in [0.05, 0.1) is 23.9 Å². The van der Waals surface area contributed by atoms with Gasteiger partial charge in [-0.2, -0.15) is 0 Å². The van der Waals surface area contributed by atoms with Crippen LogP contribution in [0, 0.1) is 5.92 Å². The molecule has 1 heterocycles. The lowest BCUT2D eigenvalue weighted by molar-refractivity contribution is -0.119. The summed E-state index contributed by atoms with van der Waals surface area (Å²) in [6, 6.07) is 14.7. The van der Waals surface area contributed by atoms with Crippen molar-refractivity contribution in [3.63, 3.8) is 0 Å². The van der Waals surface area contributed by atoms with Gasteiger partial charge < -0.3 is 15.0 Å². The summed E-state index contributed by atoms with van der Waals surface area (Å²) in [4.78, 5) is 26.8. The number of para-hydroxylation sites is 2. The summed E-state index contributed by atoms with van der Waals surface area (Å²) in [5.74, 6) is -0.475. The lowest BCUT2D eigenvalue weighted by atomic mass is 10.1. The van der Waals surface area contributed by atoms with Crippen molar-refractivity contribution in [2.75, 3.05) is 23.9 Å². The van der Waals surface area contributed by atoms with Gasteiger partial charge in [0.1, 0.15) is 0 Å². The Morgan fingerprint density at radius 1 is 1.21 bits per heavy atom. The smallest absolute Gasteiger partial charge is 0.258 e. The van der Waals surface area contributed by atoms with Crippen molar-refractivity contribution < 1.29 is 14.3 Å². The van der Waals surface area contributed by atoms with Crippen LogP contribution in [-0.2, 0) is 16.1 Å². The zero-order valence-corrected chi connectivity index (χ0v) is 13.8. The number of rotatable bonds is 3. The van der Waals surface area contributed by atoms with Crippen LogP contribution in [-0.4, -0.2) is 25.5 Å². The van der Waals surface area contributed by atoms with Gasteiger partial charge in [0.2, 0.25) is 5.91 Å². The number of carbonyl (C=O) groups excluding carboxylic acids is 2. The predicted molar refractivity (Wildman–Crippen MR) is 93.1 cm³/mol. The van der Waals surface area contributed by atoms with E-state index < -0.39 is 0 Å². The molecule has 2 aromatic rings. The summed E-state index contributed by atoms with van der Waals surface area (Å²) in [5, 5.41) is 2.88. The number of ether oxygens (including phenoxy) is 1. The number of nitrogens with one attached hydrogen (secondary N) is 1. The number of benzene rings is 2. The van der Waals surface area contributed by atoms with Gasteiger partial charge in [-0.25, -0.2) is 0 Å². The van der Waals surface area contributed by atoms with E-state index in [4.69, 9.17) is 4.74 Å². The molecule has 0 spiro atoms. The summed E-state index contributed by atoms with van der Waals surface area (Å²) in [7, 11) is 1.64. The normalized spacial score (nSPS) is 17.0. The third-order valence-electron chi connectivity index (χ3n) is 4.11. The SMILES string of the molecule is COCc1ccc(C(=O)N2CC(C)C(=O)Nc3ccccc32)cc1. The Kier molecular flexibility index (Phi) is 4.62. The number of amides is 2. The first-order valence-corrected chi connectivity index (χ1v) is 7.90.